The molecule has 5 rings (SSSR count). The van der Waals surface area contributed by atoms with Gasteiger partial charge in [0.05, 0.1) is 5.69 Å². The molecule has 27 heavy (non-hydrogen) atoms. The molecule has 3 aliphatic rings. The first-order chi connectivity index (χ1) is 13.3. The van der Waals surface area contributed by atoms with Gasteiger partial charge in [-0.15, -0.1) is 0 Å². The van der Waals surface area contributed by atoms with E-state index in [0.29, 0.717) is 17.8 Å². The van der Waals surface area contributed by atoms with E-state index in [2.05, 4.69) is 41.4 Å². The Kier molecular flexibility index (Phi) is 4.27. The summed E-state index contributed by atoms with van der Waals surface area (Å²) in [6.07, 6.45) is 7.46. The lowest BCUT2D eigenvalue weighted by Crippen LogP contribution is -2.43. The van der Waals surface area contributed by atoms with E-state index in [-0.39, 0.29) is 5.91 Å². The van der Waals surface area contributed by atoms with E-state index in [9.17, 15) is 4.79 Å². The molecule has 1 N–H and O–H groups in total. The van der Waals surface area contributed by atoms with Crippen molar-refractivity contribution in [1.82, 2.24) is 20.0 Å². The molecule has 3 heterocycles. The Bertz CT molecular complexity index is 840. The van der Waals surface area contributed by atoms with Crippen molar-refractivity contribution in [3.05, 3.63) is 46.8 Å². The molecule has 5 heteroatoms. The van der Waals surface area contributed by atoms with Crippen molar-refractivity contribution >= 4 is 5.91 Å². The summed E-state index contributed by atoms with van der Waals surface area (Å²) in [6.45, 7) is 4.10. The molecule has 1 aromatic heterocycles. The summed E-state index contributed by atoms with van der Waals surface area (Å²) in [5, 5.41) is 8.35. The van der Waals surface area contributed by atoms with Gasteiger partial charge < -0.3 is 10.2 Å². The molecule has 2 bridgehead atoms. The second-order valence-corrected chi connectivity index (χ2v) is 8.15. The van der Waals surface area contributed by atoms with Crippen molar-refractivity contribution in [3.8, 4) is 5.69 Å². The number of carbonyl (C=O) groups is 1. The predicted molar refractivity (Wildman–Crippen MR) is 105 cm³/mol. The van der Waals surface area contributed by atoms with Crippen LogP contribution in [0, 0.1) is 0 Å². The van der Waals surface area contributed by atoms with E-state index in [1.165, 1.54) is 16.8 Å². The molecule has 0 radical (unpaired) electrons. The first-order valence-corrected chi connectivity index (χ1v) is 10.5. The van der Waals surface area contributed by atoms with Crippen molar-refractivity contribution in [3.63, 3.8) is 0 Å². The van der Waals surface area contributed by atoms with E-state index >= 15 is 0 Å². The maximum absolute atomic E-state index is 13.5. The average molecular weight is 364 g/mol. The highest BCUT2D eigenvalue weighted by molar-refractivity contribution is 5.95. The van der Waals surface area contributed by atoms with Crippen LogP contribution in [0.15, 0.2) is 24.3 Å². The largest absolute Gasteiger partial charge is 0.330 e. The Balaban J connectivity index is 1.52. The molecule has 1 aliphatic carbocycles. The number of hydrogen-bond donors (Lipinski definition) is 1. The second kappa shape index (κ2) is 6.79. The highest BCUT2D eigenvalue weighted by atomic mass is 16.2. The minimum atomic E-state index is 0.160. The zero-order valence-corrected chi connectivity index (χ0v) is 16.1. The summed E-state index contributed by atoms with van der Waals surface area (Å²) in [4.78, 5) is 15.7. The molecule has 2 aromatic rings. The SMILES string of the molecule is CCc1ccc(-n2nc(C(=O)N3C4CCNCC3CC4)c3c2CCC3)cc1. The smallest absolute Gasteiger partial charge is 0.275 e. The Morgan fingerprint density at radius 2 is 1.96 bits per heavy atom. The molecule has 142 valence electrons. The maximum Gasteiger partial charge on any atom is 0.275 e. The molecule has 2 atom stereocenters. The number of hydrogen-bond acceptors (Lipinski definition) is 3. The first-order valence-electron chi connectivity index (χ1n) is 10.5. The van der Waals surface area contributed by atoms with Crippen LogP contribution in [-0.4, -0.2) is 45.8 Å². The van der Waals surface area contributed by atoms with Crippen LogP contribution in [0.1, 0.15) is 59.9 Å². The normalized spacial score (nSPS) is 24.1. The molecular formula is C22H28N4O. The second-order valence-electron chi connectivity index (χ2n) is 8.15. The zero-order valence-electron chi connectivity index (χ0n) is 16.1. The molecule has 2 fully saturated rings. The molecule has 5 nitrogen and oxygen atoms in total. The van der Waals surface area contributed by atoms with Crippen LogP contribution in [0.2, 0.25) is 0 Å². The van der Waals surface area contributed by atoms with Gasteiger partial charge in [0, 0.05) is 29.9 Å². The number of rotatable bonds is 3. The zero-order chi connectivity index (χ0) is 18.4. The number of aryl methyl sites for hydroxylation is 1. The van der Waals surface area contributed by atoms with Gasteiger partial charge in [-0.2, -0.15) is 5.10 Å². The molecular weight excluding hydrogens is 336 g/mol. The molecule has 1 amide bonds. The van der Waals surface area contributed by atoms with Crippen molar-refractivity contribution in [2.45, 2.75) is 64.0 Å². The number of fused-ring (bicyclic) bond motifs is 3. The molecule has 2 unspecified atom stereocenters. The van der Waals surface area contributed by atoms with Crippen molar-refractivity contribution in [1.29, 1.82) is 0 Å². The van der Waals surface area contributed by atoms with Gasteiger partial charge in [0.2, 0.25) is 0 Å². The number of carbonyl (C=O) groups excluding carboxylic acids is 1. The molecule has 2 aliphatic heterocycles. The van der Waals surface area contributed by atoms with Gasteiger partial charge >= 0.3 is 0 Å². The van der Waals surface area contributed by atoms with Crippen LogP contribution in [0.4, 0.5) is 0 Å². The van der Waals surface area contributed by atoms with Gasteiger partial charge in [0.15, 0.2) is 5.69 Å². The van der Waals surface area contributed by atoms with Gasteiger partial charge in [-0.25, -0.2) is 4.68 Å². The fourth-order valence-corrected chi connectivity index (χ4v) is 5.13. The number of amides is 1. The summed E-state index contributed by atoms with van der Waals surface area (Å²) in [6, 6.07) is 9.32. The third-order valence-electron chi connectivity index (χ3n) is 6.61. The molecule has 1 aromatic carbocycles. The van der Waals surface area contributed by atoms with E-state index in [1.807, 2.05) is 4.68 Å². The summed E-state index contributed by atoms with van der Waals surface area (Å²) < 4.78 is 2.03. The predicted octanol–water partition coefficient (Wildman–Crippen LogP) is 2.89. The van der Waals surface area contributed by atoms with Gasteiger partial charge in [-0.3, -0.25) is 4.79 Å². The maximum atomic E-state index is 13.5. The monoisotopic (exact) mass is 364 g/mol. The number of aromatic nitrogens is 2. The molecule has 0 saturated carbocycles. The molecule has 0 spiro atoms. The van der Waals surface area contributed by atoms with Crippen molar-refractivity contribution in [2.24, 2.45) is 0 Å². The van der Waals surface area contributed by atoms with Crippen molar-refractivity contribution < 1.29 is 4.79 Å². The third kappa shape index (κ3) is 2.80. The van der Waals surface area contributed by atoms with Crippen LogP contribution in [-0.2, 0) is 19.3 Å². The Morgan fingerprint density at radius 3 is 2.78 bits per heavy atom. The Labute approximate surface area is 160 Å². The minimum absolute atomic E-state index is 0.160. The van der Waals surface area contributed by atoms with Crippen LogP contribution in [0.5, 0.6) is 0 Å². The summed E-state index contributed by atoms with van der Waals surface area (Å²) in [5.41, 5.74) is 5.54. The van der Waals surface area contributed by atoms with E-state index in [0.717, 1.165) is 63.7 Å². The topological polar surface area (TPSA) is 50.2 Å². The lowest BCUT2D eigenvalue weighted by atomic mass is 10.1. The standard InChI is InChI=1S/C22H28N4O/c1-2-15-6-8-17(9-7-15)26-20-5-3-4-19(20)21(24-26)22(27)25-16-10-11-18(25)14-23-13-12-16/h6-9,16,18,23H,2-5,10-14H2,1H3. The van der Waals surface area contributed by atoms with E-state index in [1.54, 1.807) is 0 Å². The van der Waals surface area contributed by atoms with Crippen LogP contribution < -0.4 is 5.32 Å². The van der Waals surface area contributed by atoms with Crippen LogP contribution in [0.3, 0.4) is 0 Å². The van der Waals surface area contributed by atoms with Crippen molar-refractivity contribution in [2.75, 3.05) is 13.1 Å². The van der Waals surface area contributed by atoms with E-state index < -0.39 is 0 Å². The number of nitrogens with one attached hydrogen (secondary N) is 1. The third-order valence-corrected chi connectivity index (χ3v) is 6.61. The average Bonchev–Trinajstić information content (AvgIpc) is 3.34. The van der Waals surface area contributed by atoms with E-state index in [4.69, 9.17) is 5.10 Å². The summed E-state index contributed by atoms with van der Waals surface area (Å²) in [7, 11) is 0. The number of benzene rings is 1. The highest BCUT2D eigenvalue weighted by Gasteiger charge is 2.40. The highest BCUT2D eigenvalue weighted by Crippen LogP contribution is 2.33. The Morgan fingerprint density at radius 1 is 1.15 bits per heavy atom. The lowest BCUT2D eigenvalue weighted by molar-refractivity contribution is 0.0672. The number of nitrogens with zero attached hydrogens (tertiary/aromatic N) is 3. The summed E-state index contributed by atoms with van der Waals surface area (Å²) >= 11 is 0. The van der Waals surface area contributed by atoms with Gasteiger partial charge in [0.25, 0.3) is 5.91 Å². The van der Waals surface area contributed by atoms with Gasteiger partial charge in [-0.05, 0) is 69.2 Å². The lowest BCUT2D eigenvalue weighted by Gasteiger charge is -2.27. The first kappa shape index (κ1) is 17.0. The quantitative estimate of drug-likeness (QED) is 0.911. The van der Waals surface area contributed by atoms with Crippen LogP contribution >= 0.6 is 0 Å². The minimum Gasteiger partial charge on any atom is -0.330 e. The fourth-order valence-electron chi connectivity index (χ4n) is 5.13. The fraction of sp³-hybridized carbons (Fsp3) is 0.545. The van der Waals surface area contributed by atoms with Crippen LogP contribution in [0.25, 0.3) is 5.69 Å². The molecule has 2 saturated heterocycles. The summed E-state index contributed by atoms with van der Waals surface area (Å²) in [5.74, 6) is 0.160. The Hall–Kier alpha value is -2.14. The van der Waals surface area contributed by atoms with Gasteiger partial charge in [-0.1, -0.05) is 19.1 Å². The van der Waals surface area contributed by atoms with Gasteiger partial charge in [0.1, 0.15) is 0 Å².